The predicted octanol–water partition coefficient (Wildman–Crippen LogP) is 5.07. The number of benzene rings is 2. The van der Waals surface area contributed by atoms with Crippen LogP contribution in [0.1, 0.15) is 50.3 Å². The second-order valence-electron chi connectivity index (χ2n) is 9.57. The maximum absolute atomic E-state index is 3.55. The average molecular weight is 379 g/mol. The monoisotopic (exact) mass is 378 g/mol. The molecule has 0 aliphatic carbocycles. The van der Waals surface area contributed by atoms with Crippen molar-refractivity contribution in [3.8, 4) is 0 Å². The number of hydrogen-bond donors (Lipinski definition) is 1. The van der Waals surface area contributed by atoms with Crippen molar-refractivity contribution in [2.75, 3.05) is 26.7 Å². The van der Waals surface area contributed by atoms with E-state index in [2.05, 4.69) is 92.6 Å². The van der Waals surface area contributed by atoms with Crippen LogP contribution in [0.5, 0.6) is 0 Å². The molecule has 0 saturated carbocycles. The Bertz CT molecular complexity index is 691. The molecule has 0 aromatic heterocycles. The van der Waals surface area contributed by atoms with E-state index < -0.39 is 0 Å². The molecule has 1 heterocycles. The quantitative estimate of drug-likeness (QED) is 0.724. The molecule has 1 atom stereocenters. The van der Waals surface area contributed by atoms with E-state index >= 15 is 0 Å². The van der Waals surface area contributed by atoms with Crippen LogP contribution in [0.4, 0.5) is 0 Å². The first kappa shape index (κ1) is 21.1. The molecule has 1 saturated heterocycles. The largest absolute Gasteiger partial charge is 0.315 e. The summed E-state index contributed by atoms with van der Waals surface area (Å²) in [5.74, 6) is 0.844. The Balaban J connectivity index is 1.46. The molecule has 2 heteroatoms. The lowest BCUT2D eigenvalue weighted by Crippen LogP contribution is -2.44. The van der Waals surface area contributed by atoms with Crippen LogP contribution in [-0.4, -0.2) is 37.6 Å². The molecule has 0 amide bonds. The molecule has 28 heavy (non-hydrogen) atoms. The number of nitrogens with zero attached hydrogens (tertiary/aromatic N) is 1. The second-order valence-corrected chi connectivity index (χ2v) is 9.57. The number of piperidine rings is 1. The third kappa shape index (κ3) is 6.18. The van der Waals surface area contributed by atoms with Crippen LogP contribution < -0.4 is 5.32 Å². The van der Waals surface area contributed by atoms with Crippen molar-refractivity contribution in [2.24, 2.45) is 5.92 Å². The highest BCUT2D eigenvalue weighted by molar-refractivity contribution is 5.28. The van der Waals surface area contributed by atoms with Crippen molar-refractivity contribution in [1.29, 1.82) is 0 Å². The Morgan fingerprint density at radius 2 is 1.57 bits per heavy atom. The van der Waals surface area contributed by atoms with Crippen molar-refractivity contribution < 1.29 is 0 Å². The van der Waals surface area contributed by atoms with E-state index in [9.17, 15) is 0 Å². The molecule has 2 nitrogen and oxygen atoms in total. The van der Waals surface area contributed by atoms with Crippen LogP contribution >= 0.6 is 0 Å². The highest BCUT2D eigenvalue weighted by Crippen LogP contribution is 2.24. The zero-order valence-corrected chi connectivity index (χ0v) is 18.2. The topological polar surface area (TPSA) is 15.3 Å². The molecule has 3 rings (SSSR count). The molecule has 1 fully saturated rings. The molecule has 2 aromatic carbocycles. The van der Waals surface area contributed by atoms with Crippen LogP contribution in [0.3, 0.4) is 0 Å². The zero-order valence-electron chi connectivity index (χ0n) is 18.2. The number of rotatable bonds is 7. The Kier molecular flexibility index (Phi) is 7.31. The molecule has 1 aliphatic heterocycles. The van der Waals surface area contributed by atoms with Crippen LogP contribution in [0, 0.1) is 5.92 Å². The second kappa shape index (κ2) is 9.71. The maximum atomic E-state index is 3.55. The van der Waals surface area contributed by atoms with Crippen molar-refractivity contribution in [3.63, 3.8) is 0 Å². The fourth-order valence-electron chi connectivity index (χ4n) is 4.32. The summed E-state index contributed by atoms with van der Waals surface area (Å²) in [4.78, 5) is 2.66. The lowest BCUT2D eigenvalue weighted by atomic mass is 9.86. The summed E-state index contributed by atoms with van der Waals surface area (Å²) >= 11 is 0. The minimum Gasteiger partial charge on any atom is -0.315 e. The Morgan fingerprint density at radius 1 is 0.929 bits per heavy atom. The van der Waals surface area contributed by atoms with Gasteiger partial charge in [-0.25, -0.2) is 0 Å². The van der Waals surface area contributed by atoms with Gasteiger partial charge in [-0.15, -0.1) is 0 Å². The van der Waals surface area contributed by atoms with Gasteiger partial charge in [0.2, 0.25) is 0 Å². The standard InChI is InChI=1S/C26H38N2/c1-26(2,3)24-12-10-22(11-13-24)19-25(27-4)20-28-16-14-23(15-17-28)18-21-8-6-5-7-9-21/h5-13,23,25,27H,14-20H2,1-4H3. The number of hydrogen-bond acceptors (Lipinski definition) is 2. The maximum Gasteiger partial charge on any atom is 0.0232 e. The SMILES string of the molecule is CNC(Cc1ccc(C(C)(C)C)cc1)CN1CCC(Cc2ccccc2)CC1. The van der Waals surface area contributed by atoms with Crippen LogP contribution in [0.2, 0.25) is 0 Å². The Morgan fingerprint density at radius 3 is 2.14 bits per heavy atom. The lowest BCUT2D eigenvalue weighted by Gasteiger charge is -2.34. The highest BCUT2D eigenvalue weighted by atomic mass is 15.1. The summed E-state index contributed by atoms with van der Waals surface area (Å²) in [5, 5.41) is 3.55. The number of likely N-dealkylation sites (tertiary alicyclic amines) is 1. The molecular formula is C26H38N2. The predicted molar refractivity (Wildman–Crippen MR) is 121 cm³/mol. The van der Waals surface area contributed by atoms with E-state index in [1.54, 1.807) is 0 Å². The van der Waals surface area contributed by atoms with E-state index in [1.807, 2.05) is 0 Å². The summed E-state index contributed by atoms with van der Waals surface area (Å²) in [6.07, 6.45) is 4.99. The van der Waals surface area contributed by atoms with E-state index in [0.717, 1.165) is 18.9 Å². The van der Waals surface area contributed by atoms with Crippen molar-refractivity contribution in [2.45, 2.75) is 57.9 Å². The van der Waals surface area contributed by atoms with Gasteiger partial charge in [0.05, 0.1) is 0 Å². The molecule has 1 aliphatic rings. The van der Waals surface area contributed by atoms with Crippen LogP contribution in [-0.2, 0) is 18.3 Å². The molecule has 1 N–H and O–H groups in total. The van der Waals surface area contributed by atoms with Crippen molar-refractivity contribution in [3.05, 3.63) is 71.3 Å². The first-order valence-corrected chi connectivity index (χ1v) is 11.0. The van der Waals surface area contributed by atoms with Gasteiger partial charge < -0.3 is 10.2 Å². The van der Waals surface area contributed by atoms with Crippen molar-refractivity contribution in [1.82, 2.24) is 10.2 Å². The fraction of sp³-hybridized carbons (Fsp3) is 0.538. The average Bonchev–Trinajstić information content (AvgIpc) is 2.69. The van der Waals surface area contributed by atoms with Gasteiger partial charge in [-0.3, -0.25) is 0 Å². The molecule has 0 spiro atoms. The summed E-state index contributed by atoms with van der Waals surface area (Å²) < 4.78 is 0. The number of likely N-dealkylation sites (N-methyl/N-ethyl adjacent to an activating group) is 1. The normalized spacial score (nSPS) is 17.6. The molecule has 1 unspecified atom stereocenters. The van der Waals surface area contributed by atoms with Gasteiger partial charge >= 0.3 is 0 Å². The minimum atomic E-state index is 0.227. The van der Waals surface area contributed by atoms with E-state index in [-0.39, 0.29) is 5.41 Å². The smallest absolute Gasteiger partial charge is 0.0232 e. The molecule has 0 radical (unpaired) electrons. The summed E-state index contributed by atoms with van der Waals surface area (Å²) in [5.41, 5.74) is 4.57. The lowest BCUT2D eigenvalue weighted by molar-refractivity contribution is 0.169. The van der Waals surface area contributed by atoms with E-state index in [4.69, 9.17) is 0 Å². The first-order valence-electron chi connectivity index (χ1n) is 11.0. The number of nitrogens with one attached hydrogen (secondary N) is 1. The van der Waals surface area contributed by atoms with Gasteiger partial charge in [-0.1, -0.05) is 75.4 Å². The van der Waals surface area contributed by atoms with Crippen molar-refractivity contribution >= 4 is 0 Å². The molecule has 2 aromatic rings. The third-order valence-electron chi connectivity index (χ3n) is 6.26. The van der Waals surface area contributed by atoms with Gasteiger partial charge in [-0.2, -0.15) is 0 Å². The Hall–Kier alpha value is -1.64. The van der Waals surface area contributed by atoms with Gasteiger partial charge in [0, 0.05) is 12.6 Å². The van der Waals surface area contributed by atoms with Gasteiger partial charge in [0.15, 0.2) is 0 Å². The van der Waals surface area contributed by atoms with Gasteiger partial charge in [-0.05, 0) is 73.8 Å². The molecular weight excluding hydrogens is 340 g/mol. The molecule has 152 valence electrons. The van der Waals surface area contributed by atoms with Crippen LogP contribution in [0.15, 0.2) is 54.6 Å². The van der Waals surface area contributed by atoms with Gasteiger partial charge in [0.1, 0.15) is 0 Å². The fourth-order valence-corrected chi connectivity index (χ4v) is 4.32. The Labute approximate surface area is 172 Å². The minimum absolute atomic E-state index is 0.227. The van der Waals surface area contributed by atoms with Crippen LogP contribution in [0.25, 0.3) is 0 Å². The summed E-state index contributed by atoms with van der Waals surface area (Å²) in [7, 11) is 2.11. The third-order valence-corrected chi connectivity index (χ3v) is 6.26. The first-order chi connectivity index (χ1) is 13.4. The molecule has 0 bridgehead atoms. The van der Waals surface area contributed by atoms with E-state index in [1.165, 1.54) is 49.0 Å². The zero-order chi connectivity index (χ0) is 20.0. The summed E-state index contributed by atoms with van der Waals surface area (Å²) in [6.45, 7) is 10.5. The van der Waals surface area contributed by atoms with Gasteiger partial charge in [0.25, 0.3) is 0 Å². The van der Waals surface area contributed by atoms with E-state index in [0.29, 0.717) is 6.04 Å². The highest BCUT2D eigenvalue weighted by Gasteiger charge is 2.22. The summed E-state index contributed by atoms with van der Waals surface area (Å²) in [6, 6.07) is 20.7.